The Kier molecular flexibility index (Phi) is 7.30. The Hall–Kier alpha value is -7.26. The number of benzene rings is 10. The van der Waals surface area contributed by atoms with Crippen LogP contribution in [0.1, 0.15) is 50.1 Å². The normalized spacial score (nSPS) is 14.3. The maximum Gasteiger partial charge on any atom is 0.100 e. The average Bonchev–Trinajstić information content (AvgIpc) is 3.79. The highest BCUT2D eigenvalue weighted by Gasteiger charge is 2.59. The summed E-state index contributed by atoms with van der Waals surface area (Å²) in [7, 11) is 0. The molecule has 1 N–H and O–H groups in total. The summed E-state index contributed by atoms with van der Waals surface area (Å²) < 4.78 is 0. The van der Waals surface area contributed by atoms with Crippen LogP contribution in [0, 0.1) is 5.41 Å². The summed E-state index contributed by atoms with van der Waals surface area (Å²) in [6.07, 6.45) is 0. The summed E-state index contributed by atoms with van der Waals surface area (Å²) in [4.78, 5) is 1.06. The fraction of sp³-hybridized carbons (Fsp3) is 0.0339. The minimum Gasteiger partial charge on any atom is -0.293 e. The second kappa shape index (κ2) is 12.9. The lowest BCUT2D eigenvalue weighted by molar-refractivity contribution is 0.633. The summed E-state index contributed by atoms with van der Waals surface area (Å²) in [5, 5.41) is 14.7. The minimum absolute atomic E-state index is 0.535. The first-order chi connectivity index (χ1) is 30.2. The van der Waals surface area contributed by atoms with E-state index in [2.05, 4.69) is 200 Å². The van der Waals surface area contributed by atoms with Crippen LogP contribution in [0.25, 0.3) is 54.9 Å². The van der Waals surface area contributed by atoms with Gasteiger partial charge in [-0.3, -0.25) is 5.41 Å². The van der Waals surface area contributed by atoms with Gasteiger partial charge in [0.25, 0.3) is 0 Å². The molecule has 0 saturated carbocycles. The van der Waals surface area contributed by atoms with Crippen molar-refractivity contribution in [2.45, 2.75) is 15.7 Å². The second-order valence-corrected chi connectivity index (χ2v) is 17.7. The van der Waals surface area contributed by atoms with E-state index in [4.69, 9.17) is 0 Å². The molecule has 0 saturated heterocycles. The van der Waals surface area contributed by atoms with E-state index in [9.17, 15) is 5.41 Å². The summed E-state index contributed by atoms with van der Waals surface area (Å²) >= 11 is 1.52. The van der Waals surface area contributed by atoms with E-state index in [-0.39, 0.29) is 0 Å². The lowest BCUT2D eigenvalue weighted by Crippen LogP contribution is -2.43. The molecule has 2 spiro atoms. The lowest BCUT2D eigenvalue weighted by Gasteiger charge is -2.49. The standard InChI is InChI=1S/C59H37NS/c60-57(61-38-18-2-1-3-19-38)56-45-26-6-4-24-43(45)55(44-25-5-7-27-46(44)56)37-34-35-53-54(36-37)59(49-30-14-10-22-41(49)42-23-11-15-31-50(42)59)52-33-17-16-32-51(52)58(53)47-28-12-8-20-39(47)40-21-9-13-29-48(40)58/h1-36,60H. The maximum absolute atomic E-state index is 9.62. The summed E-state index contributed by atoms with van der Waals surface area (Å²) in [6, 6.07) is 81.0. The highest BCUT2D eigenvalue weighted by atomic mass is 32.2. The molecule has 0 atom stereocenters. The smallest absolute Gasteiger partial charge is 0.100 e. The largest absolute Gasteiger partial charge is 0.293 e. The molecule has 61 heavy (non-hydrogen) atoms. The molecule has 0 radical (unpaired) electrons. The van der Waals surface area contributed by atoms with Gasteiger partial charge in [0.05, 0.1) is 10.8 Å². The van der Waals surface area contributed by atoms with Gasteiger partial charge in [0.1, 0.15) is 5.04 Å². The summed E-state index contributed by atoms with van der Waals surface area (Å²) in [5.41, 5.74) is 18.1. The van der Waals surface area contributed by atoms with E-state index >= 15 is 0 Å². The predicted molar refractivity (Wildman–Crippen MR) is 254 cm³/mol. The Morgan fingerprint density at radius 3 is 1.16 bits per heavy atom. The van der Waals surface area contributed by atoms with E-state index in [0.717, 1.165) is 32.0 Å². The van der Waals surface area contributed by atoms with Gasteiger partial charge in [-0.25, -0.2) is 0 Å². The Labute approximate surface area is 359 Å². The van der Waals surface area contributed by atoms with E-state index in [0.29, 0.717) is 5.04 Å². The zero-order chi connectivity index (χ0) is 40.3. The Morgan fingerprint density at radius 1 is 0.328 bits per heavy atom. The zero-order valence-corrected chi connectivity index (χ0v) is 34.0. The number of fused-ring (bicyclic) bond motifs is 18. The third kappa shape index (κ3) is 4.45. The van der Waals surface area contributed by atoms with Crippen LogP contribution in [0.2, 0.25) is 0 Å². The van der Waals surface area contributed by atoms with Gasteiger partial charge in [0, 0.05) is 10.5 Å². The molecule has 0 fully saturated rings. The molecule has 10 aromatic rings. The SMILES string of the molecule is N=C(Sc1ccccc1)c1c2ccccc2c(-c2ccc3c(c2)C2(c4ccccc4-c4ccccc42)c2ccccc2C32c3ccccc3-c3ccccc32)c2ccccc12. The maximum atomic E-state index is 9.62. The van der Waals surface area contributed by atoms with E-state index in [1.807, 2.05) is 18.2 Å². The molecule has 0 unspecified atom stereocenters. The van der Waals surface area contributed by atoms with Crippen LogP contribution >= 0.6 is 11.8 Å². The topological polar surface area (TPSA) is 23.9 Å². The first-order valence-corrected chi connectivity index (χ1v) is 21.9. The molecular weight excluding hydrogens is 755 g/mol. The van der Waals surface area contributed by atoms with Crippen molar-refractivity contribution in [3.05, 3.63) is 268 Å². The molecule has 1 nitrogen and oxygen atoms in total. The Bertz CT molecular complexity index is 3340. The van der Waals surface area contributed by atoms with Crippen molar-refractivity contribution >= 4 is 38.4 Å². The highest BCUT2D eigenvalue weighted by Crippen LogP contribution is 2.67. The van der Waals surface area contributed by atoms with Crippen molar-refractivity contribution in [2.75, 3.05) is 0 Å². The van der Waals surface area contributed by atoms with Crippen molar-refractivity contribution < 1.29 is 0 Å². The van der Waals surface area contributed by atoms with Gasteiger partial charge >= 0.3 is 0 Å². The average molecular weight is 792 g/mol. The third-order valence-electron chi connectivity index (χ3n) is 13.9. The minimum atomic E-state index is -0.577. The zero-order valence-electron chi connectivity index (χ0n) is 33.2. The number of rotatable bonds is 3. The second-order valence-electron chi connectivity index (χ2n) is 16.6. The van der Waals surface area contributed by atoms with Crippen molar-refractivity contribution in [3.8, 4) is 33.4 Å². The van der Waals surface area contributed by atoms with E-state index in [1.165, 1.54) is 89.7 Å². The Morgan fingerprint density at radius 2 is 0.689 bits per heavy atom. The van der Waals surface area contributed by atoms with Crippen molar-refractivity contribution in [2.24, 2.45) is 0 Å². The van der Waals surface area contributed by atoms with Crippen LogP contribution in [0.3, 0.4) is 0 Å². The molecule has 0 bridgehead atoms. The molecule has 284 valence electrons. The highest BCUT2D eigenvalue weighted by molar-refractivity contribution is 8.14. The molecule has 0 aromatic heterocycles. The van der Waals surface area contributed by atoms with Gasteiger partial charge in [0.15, 0.2) is 0 Å². The molecule has 3 aliphatic carbocycles. The van der Waals surface area contributed by atoms with Gasteiger partial charge < -0.3 is 0 Å². The number of thioether (sulfide) groups is 1. The molecular formula is C59H37NS. The monoisotopic (exact) mass is 791 g/mol. The van der Waals surface area contributed by atoms with Crippen LogP contribution in [0.15, 0.2) is 223 Å². The molecule has 3 aliphatic rings. The number of nitrogens with one attached hydrogen (secondary N) is 1. The van der Waals surface area contributed by atoms with E-state index in [1.54, 1.807) is 0 Å². The van der Waals surface area contributed by atoms with Crippen LogP contribution < -0.4 is 0 Å². The van der Waals surface area contributed by atoms with Crippen molar-refractivity contribution in [3.63, 3.8) is 0 Å². The van der Waals surface area contributed by atoms with Crippen LogP contribution in [0.4, 0.5) is 0 Å². The fourth-order valence-corrected chi connectivity index (χ4v) is 12.6. The predicted octanol–water partition coefficient (Wildman–Crippen LogP) is 14.8. The first kappa shape index (κ1) is 34.6. The molecule has 0 heterocycles. The van der Waals surface area contributed by atoms with Gasteiger partial charge in [-0.05, 0) is 118 Å². The summed E-state index contributed by atoms with van der Waals surface area (Å²) in [5.74, 6) is 0. The van der Waals surface area contributed by atoms with Gasteiger partial charge in [-0.15, -0.1) is 0 Å². The van der Waals surface area contributed by atoms with Crippen LogP contribution in [-0.4, -0.2) is 5.04 Å². The first-order valence-electron chi connectivity index (χ1n) is 21.1. The Balaban J connectivity index is 1.18. The third-order valence-corrected chi connectivity index (χ3v) is 14.8. The van der Waals surface area contributed by atoms with Crippen LogP contribution in [0.5, 0.6) is 0 Å². The quantitative estimate of drug-likeness (QED) is 0.0819. The van der Waals surface area contributed by atoms with Crippen molar-refractivity contribution in [1.82, 2.24) is 0 Å². The molecule has 2 heteroatoms. The number of hydrogen-bond donors (Lipinski definition) is 1. The number of hydrogen-bond acceptors (Lipinski definition) is 2. The van der Waals surface area contributed by atoms with Gasteiger partial charge in [-0.2, -0.15) is 0 Å². The van der Waals surface area contributed by atoms with Gasteiger partial charge in [-0.1, -0.05) is 212 Å². The fourth-order valence-electron chi connectivity index (χ4n) is 11.7. The lowest BCUT2D eigenvalue weighted by atomic mass is 9.52. The molecule has 0 amide bonds. The molecule has 10 aromatic carbocycles. The summed E-state index contributed by atoms with van der Waals surface area (Å²) in [6.45, 7) is 0. The van der Waals surface area contributed by atoms with E-state index < -0.39 is 10.8 Å². The molecule has 0 aliphatic heterocycles. The molecule has 13 rings (SSSR count). The van der Waals surface area contributed by atoms with Gasteiger partial charge in [0.2, 0.25) is 0 Å². The van der Waals surface area contributed by atoms with Crippen molar-refractivity contribution in [1.29, 1.82) is 5.41 Å². The van der Waals surface area contributed by atoms with Crippen LogP contribution in [-0.2, 0) is 10.8 Å².